The number of nitrogens with one attached hydrogen (secondary N) is 1. The van der Waals surface area contributed by atoms with E-state index >= 15 is 0 Å². The molecule has 33 heavy (non-hydrogen) atoms. The Morgan fingerprint density at radius 3 is 2.30 bits per heavy atom. The maximum absolute atomic E-state index is 13.4. The first-order valence-electron chi connectivity index (χ1n) is 10.7. The van der Waals surface area contributed by atoms with E-state index in [2.05, 4.69) is 5.32 Å². The minimum Gasteiger partial charge on any atom is -0.457 e. The lowest BCUT2D eigenvalue weighted by Gasteiger charge is -2.29. The van der Waals surface area contributed by atoms with Crippen LogP contribution in [0, 0.1) is 12.7 Å². The Labute approximate surface area is 193 Å². The van der Waals surface area contributed by atoms with Gasteiger partial charge in [-0.05, 0) is 49.7 Å². The summed E-state index contributed by atoms with van der Waals surface area (Å²) in [7, 11) is 0. The number of carbonyl (C=O) groups excluding carboxylic acids is 2. The molecule has 0 saturated carbocycles. The predicted molar refractivity (Wildman–Crippen MR) is 126 cm³/mol. The normalized spacial score (nSPS) is 12.1. The van der Waals surface area contributed by atoms with Crippen molar-refractivity contribution in [2.75, 3.05) is 0 Å². The molecule has 2 amide bonds. The molecule has 7 heteroatoms. The number of carbonyl (C=O) groups is 2. The fourth-order valence-corrected chi connectivity index (χ4v) is 3.27. The van der Waals surface area contributed by atoms with E-state index in [0.717, 1.165) is 0 Å². The van der Waals surface area contributed by atoms with Crippen LogP contribution >= 0.6 is 0 Å². The number of ether oxygens (including phenoxy) is 1. The summed E-state index contributed by atoms with van der Waals surface area (Å²) in [5.41, 5.74) is -0.280. The molecule has 0 aliphatic rings. The van der Waals surface area contributed by atoms with E-state index in [1.54, 1.807) is 68.6 Å². The van der Waals surface area contributed by atoms with Gasteiger partial charge in [0.2, 0.25) is 11.8 Å². The zero-order valence-corrected chi connectivity index (χ0v) is 19.5. The van der Waals surface area contributed by atoms with E-state index in [-0.39, 0.29) is 12.1 Å². The van der Waals surface area contributed by atoms with Crippen LogP contribution in [0.2, 0.25) is 0 Å². The van der Waals surface area contributed by atoms with Crippen LogP contribution < -0.4 is 15.6 Å². The van der Waals surface area contributed by atoms with Gasteiger partial charge < -0.3 is 9.30 Å². The maximum Gasteiger partial charge on any atom is 0.253 e. The third kappa shape index (κ3) is 6.38. The summed E-state index contributed by atoms with van der Waals surface area (Å²) in [4.78, 5) is 37.0. The number of aromatic nitrogens is 1. The van der Waals surface area contributed by atoms with Crippen molar-refractivity contribution < 1.29 is 18.7 Å². The summed E-state index contributed by atoms with van der Waals surface area (Å²) in [5.74, 6) is -0.621. The molecule has 3 aromatic rings. The summed E-state index contributed by atoms with van der Waals surface area (Å²) >= 11 is 0. The maximum atomic E-state index is 13.4. The standard InChI is InChI=1S/C24H23FN2O4.C2H6/c1-16-6-5-13-27(22(16)29)15-24(3,23(30)26-17(2)28)18-9-11-20(12-10-18)31-21-8-4-7-19(25)14-21;1-2/h4-14H,15H2,1-3H3,(H,26,28,30);1-2H3. The van der Waals surface area contributed by atoms with E-state index in [9.17, 15) is 18.8 Å². The van der Waals surface area contributed by atoms with Crippen molar-refractivity contribution in [1.29, 1.82) is 0 Å². The van der Waals surface area contributed by atoms with Crippen LogP contribution in [0.1, 0.15) is 38.8 Å². The lowest BCUT2D eigenvalue weighted by Crippen LogP contribution is -2.48. The molecule has 3 rings (SSSR count). The molecule has 1 heterocycles. The lowest BCUT2D eigenvalue weighted by molar-refractivity contribution is -0.133. The monoisotopic (exact) mass is 452 g/mol. The summed E-state index contributed by atoms with van der Waals surface area (Å²) in [5, 5.41) is 2.33. The van der Waals surface area contributed by atoms with Crippen LogP contribution in [0.4, 0.5) is 4.39 Å². The highest BCUT2D eigenvalue weighted by molar-refractivity contribution is 5.99. The third-order valence-corrected chi connectivity index (χ3v) is 5.01. The predicted octanol–water partition coefficient (Wildman–Crippen LogP) is 4.73. The number of amides is 2. The number of halogens is 1. The summed E-state index contributed by atoms with van der Waals surface area (Å²) in [6, 6.07) is 15.9. The quantitative estimate of drug-likeness (QED) is 0.586. The Morgan fingerprint density at radius 1 is 1.03 bits per heavy atom. The second kappa shape index (κ2) is 11.2. The van der Waals surface area contributed by atoms with Crippen LogP contribution in [0.5, 0.6) is 11.5 Å². The lowest BCUT2D eigenvalue weighted by atomic mass is 9.81. The number of hydrogen-bond donors (Lipinski definition) is 1. The van der Waals surface area contributed by atoms with Gasteiger partial charge in [-0.2, -0.15) is 0 Å². The van der Waals surface area contributed by atoms with Gasteiger partial charge in [-0.1, -0.05) is 38.1 Å². The Morgan fingerprint density at radius 2 is 1.70 bits per heavy atom. The fraction of sp³-hybridized carbons (Fsp3) is 0.269. The van der Waals surface area contributed by atoms with Crippen molar-refractivity contribution in [2.24, 2.45) is 0 Å². The molecule has 0 bridgehead atoms. The number of nitrogens with zero attached hydrogens (tertiary/aromatic N) is 1. The second-order valence-corrected chi connectivity index (χ2v) is 7.55. The summed E-state index contributed by atoms with van der Waals surface area (Å²) in [6.07, 6.45) is 1.61. The van der Waals surface area contributed by atoms with Crippen LogP contribution in [0.15, 0.2) is 71.7 Å². The first-order chi connectivity index (χ1) is 15.7. The molecule has 174 valence electrons. The fourth-order valence-electron chi connectivity index (χ4n) is 3.27. The Balaban J connectivity index is 0.00000187. The number of aryl methyl sites for hydroxylation is 1. The topological polar surface area (TPSA) is 77.4 Å². The van der Waals surface area contributed by atoms with Crippen LogP contribution in [0.3, 0.4) is 0 Å². The number of imide groups is 1. The van der Waals surface area contributed by atoms with E-state index in [1.807, 2.05) is 13.8 Å². The largest absolute Gasteiger partial charge is 0.457 e. The first-order valence-corrected chi connectivity index (χ1v) is 10.7. The van der Waals surface area contributed by atoms with Gasteiger partial charge in [0, 0.05) is 31.3 Å². The highest BCUT2D eigenvalue weighted by Gasteiger charge is 2.36. The molecule has 1 N–H and O–H groups in total. The average Bonchev–Trinajstić information content (AvgIpc) is 2.78. The molecule has 0 saturated heterocycles. The molecular weight excluding hydrogens is 423 g/mol. The van der Waals surface area contributed by atoms with E-state index in [0.29, 0.717) is 22.6 Å². The van der Waals surface area contributed by atoms with Crippen LogP contribution in [0.25, 0.3) is 0 Å². The van der Waals surface area contributed by atoms with Gasteiger partial charge in [0.15, 0.2) is 0 Å². The van der Waals surface area contributed by atoms with Crippen molar-refractivity contribution in [2.45, 2.75) is 46.6 Å². The molecule has 1 atom stereocenters. The SMILES string of the molecule is CC.CC(=O)NC(=O)C(C)(Cn1cccc(C)c1=O)c1ccc(Oc2cccc(F)c2)cc1. The molecule has 2 aromatic carbocycles. The van der Waals surface area contributed by atoms with Crippen LogP contribution in [-0.2, 0) is 21.5 Å². The third-order valence-electron chi connectivity index (χ3n) is 5.01. The van der Waals surface area contributed by atoms with Crippen LogP contribution in [-0.4, -0.2) is 16.4 Å². The van der Waals surface area contributed by atoms with Crippen molar-refractivity contribution >= 4 is 11.8 Å². The zero-order chi connectivity index (χ0) is 24.6. The molecule has 0 spiro atoms. The Kier molecular flexibility index (Phi) is 8.68. The Hall–Kier alpha value is -3.74. The summed E-state index contributed by atoms with van der Waals surface area (Å²) < 4.78 is 20.5. The van der Waals surface area contributed by atoms with Crippen molar-refractivity contribution in [1.82, 2.24) is 9.88 Å². The van der Waals surface area contributed by atoms with Gasteiger partial charge in [0.25, 0.3) is 5.56 Å². The van der Waals surface area contributed by atoms with Gasteiger partial charge in [0.05, 0.1) is 5.41 Å². The van der Waals surface area contributed by atoms with Crippen molar-refractivity contribution in [3.05, 3.63) is 94.2 Å². The molecule has 1 unspecified atom stereocenters. The van der Waals surface area contributed by atoms with Gasteiger partial charge in [-0.15, -0.1) is 0 Å². The number of pyridine rings is 1. The highest BCUT2D eigenvalue weighted by atomic mass is 19.1. The van der Waals surface area contributed by atoms with Gasteiger partial charge in [-0.25, -0.2) is 4.39 Å². The smallest absolute Gasteiger partial charge is 0.253 e. The molecule has 6 nitrogen and oxygen atoms in total. The van der Waals surface area contributed by atoms with E-state index < -0.39 is 23.0 Å². The Bertz CT molecular complexity index is 1170. The molecule has 0 aliphatic heterocycles. The average molecular weight is 453 g/mol. The molecule has 1 aromatic heterocycles. The minimum absolute atomic E-state index is 0.0384. The van der Waals surface area contributed by atoms with Gasteiger partial charge in [-0.3, -0.25) is 19.7 Å². The zero-order valence-electron chi connectivity index (χ0n) is 19.5. The van der Waals surface area contributed by atoms with Gasteiger partial charge in [0.1, 0.15) is 17.3 Å². The highest BCUT2D eigenvalue weighted by Crippen LogP contribution is 2.30. The van der Waals surface area contributed by atoms with Crippen molar-refractivity contribution in [3.63, 3.8) is 0 Å². The molecule has 0 fully saturated rings. The number of benzene rings is 2. The molecular formula is C26H29FN2O4. The number of hydrogen-bond acceptors (Lipinski definition) is 4. The van der Waals surface area contributed by atoms with E-state index in [4.69, 9.17) is 4.74 Å². The van der Waals surface area contributed by atoms with Gasteiger partial charge >= 0.3 is 0 Å². The summed E-state index contributed by atoms with van der Waals surface area (Å²) in [6.45, 7) is 8.66. The van der Waals surface area contributed by atoms with E-state index in [1.165, 1.54) is 23.6 Å². The minimum atomic E-state index is -1.21. The molecule has 0 aliphatic carbocycles. The number of rotatable bonds is 6. The second-order valence-electron chi connectivity index (χ2n) is 7.55. The first kappa shape index (κ1) is 25.5. The van der Waals surface area contributed by atoms with Crippen molar-refractivity contribution in [3.8, 4) is 11.5 Å². The molecule has 0 radical (unpaired) electrons.